The first kappa shape index (κ1) is 31.2. The molecule has 7 aromatic carbocycles. The Bertz CT molecular complexity index is 2940. The molecule has 0 saturated carbocycles. The number of pyridine rings is 2. The highest BCUT2D eigenvalue weighted by Crippen LogP contribution is 2.57. The predicted molar refractivity (Wildman–Crippen MR) is 224 cm³/mol. The van der Waals surface area contributed by atoms with Gasteiger partial charge in [0.2, 0.25) is 0 Å². The lowest BCUT2D eigenvalue weighted by molar-refractivity contribution is 0.731. The summed E-state index contributed by atoms with van der Waals surface area (Å²) in [5, 5.41) is 2.00. The second-order valence-electron chi connectivity index (χ2n) is 14.0. The van der Waals surface area contributed by atoms with E-state index in [2.05, 4.69) is 185 Å². The number of fused-ring (bicyclic) bond motifs is 8. The van der Waals surface area contributed by atoms with Crippen LogP contribution < -0.4 is 4.90 Å². The maximum Gasteiger partial charge on any atom is 0.145 e. The number of hydrogen-bond donors (Lipinski definition) is 0. The van der Waals surface area contributed by atoms with Crippen LogP contribution in [0.25, 0.3) is 49.9 Å². The van der Waals surface area contributed by atoms with Crippen LogP contribution in [-0.2, 0) is 5.41 Å². The zero-order valence-electron chi connectivity index (χ0n) is 29.8. The molecule has 55 heavy (non-hydrogen) atoms. The lowest BCUT2D eigenvalue weighted by atomic mass is 9.62. The lowest BCUT2D eigenvalue weighted by Crippen LogP contribution is -2.37. The van der Waals surface area contributed by atoms with Gasteiger partial charge in [0.15, 0.2) is 0 Å². The molecule has 1 aliphatic rings. The molecule has 0 unspecified atom stereocenters. The molecule has 3 aromatic heterocycles. The molecule has 5 nitrogen and oxygen atoms in total. The Morgan fingerprint density at radius 2 is 0.909 bits per heavy atom. The summed E-state index contributed by atoms with van der Waals surface area (Å²) in [4.78, 5) is 17.4. The second-order valence-corrected chi connectivity index (χ2v) is 14.0. The van der Waals surface area contributed by atoms with E-state index in [-0.39, 0.29) is 0 Å². The molecule has 0 aliphatic carbocycles. The van der Waals surface area contributed by atoms with Crippen LogP contribution in [0, 0.1) is 0 Å². The first-order valence-electron chi connectivity index (χ1n) is 18.6. The third-order valence-electron chi connectivity index (χ3n) is 11.1. The van der Waals surface area contributed by atoms with Crippen molar-refractivity contribution in [2.75, 3.05) is 4.90 Å². The summed E-state index contributed by atoms with van der Waals surface area (Å²) in [5.41, 5.74) is 13.5. The fourth-order valence-electron chi connectivity index (χ4n) is 8.90. The van der Waals surface area contributed by atoms with Crippen molar-refractivity contribution in [1.29, 1.82) is 0 Å². The number of benzene rings is 7. The molecule has 11 rings (SSSR count). The van der Waals surface area contributed by atoms with E-state index in [4.69, 9.17) is 15.0 Å². The fraction of sp³-hybridized carbons (Fsp3) is 0.0200. The standard InChI is InChI=1S/C50H33N5/c1-4-16-35(17-5-1)50(36-18-6-2-7-19-36)41-24-10-12-26-43(41)54(44-27-13-11-25-42(44)50)38-30-28-34(29-31-38)49-53-47-39-22-14-32-51-45(39)46-40(23-15-33-52-46)48(47)55(49)37-20-8-3-9-21-37/h1-33H. The van der Waals surface area contributed by atoms with E-state index in [0.717, 1.165) is 67.0 Å². The molecular formula is C50H33N5. The van der Waals surface area contributed by atoms with Crippen molar-refractivity contribution in [2.24, 2.45) is 0 Å². The molecule has 10 aromatic rings. The molecule has 0 radical (unpaired) electrons. The quantitative estimate of drug-likeness (QED) is 0.167. The SMILES string of the molecule is c1ccc(-n2c(-c3ccc(N4c5ccccc5C(c5ccccc5)(c5ccccc5)c5ccccc54)cc3)nc3c4cccnc4c4ncccc4c32)cc1. The van der Waals surface area contributed by atoms with Crippen LogP contribution in [0.5, 0.6) is 0 Å². The van der Waals surface area contributed by atoms with Crippen LogP contribution in [0.1, 0.15) is 22.3 Å². The third-order valence-corrected chi connectivity index (χ3v) is 11.1. The minimum atomic E-state index is -0.512. The maximum absolute atomic E-state index is 5.42. The first-order valence-corrected chi connectivity index (χ1v) is 18.6. The number of hydrogen-bond acceptors (Lipinski definition) is 4. The van der Waals surface area contributed by atoms with E-state index in [1.807, 2.05) is 24.5 Å². The Morgan fingerprint density at radius 3 is 1.51 bits per heavy atom. The summed E-state index contributed by atoms with van der Waals surface area (Å²) >= 11 is 0. The van der Waals surface area contributed by atoms with Gasteiger partial charge < -0.3 is 4.90 Å². The van der Waals surface area contributed by atoms with Crippen molar-refractivity contribution in [3.63, 3.8) is 0 Å². The third kappa shape index (κ3) is 4.57. The van der Waals surface area contributed by atoms with Gasteiger partial charge in [-0.25, -0.2) is 4.98 Å². The normalized spacial score (nSPS) is 13.2. The number of aromatic nitrogens is 4. The summed E-state index contributed by atoms with van der Waals surface area (Å²) < 4.78 is 2.28. The van der Waals surface area contributed by atoms with Crippen molar-refractivity contribution >= 4 is 49.9 Å². The molecule has 5 heteroatoms. The van der Waals surface area contributed by atoms with Crippen LogP contribution in [0.3, 0.4) is 0 Å². The number of anilines is 3. The van der Waals surface area contributed by atoms with E-state index in [0.29, 0.717) is 0 Å². The average molecular weight is 704 g/mol. The van der Waals surface area contributed by atoms with Crippen molar-refractivity contribution < 1.29 is 0 Å². The lowest BCUT2D eigenvalue weighted by Gasteiger charge is -2.46. The van der Waals surface area contributed by atoms with E-state index in [1.165, 1.54) is 22.3 Å². The monoisotopic (exact) mass is 703 g/mol. The molecule has 4 heterocycles. The van der Waals surface area contributed by atoms with Crippen molar-refractivity contribution in [3.05, 3.63) is 223 Å². The van der Waals surface area contributed by atoms with Crippen LogP contribution in [0.2, 0.25) is 0 Å². The van der Waals surface area contributed by atoms with Gasteiger partial charge in [0.1, 0.15) is 5.82 Å². The Kier molecular flexibility index (Phi) is 7.01. The van der Waals surface area contributed by atoms with Gasteiger partial charge in [-0.2, -0.15) is 0 Å². The molecule has 0 bridgehead atoms. The smallest absolute Gasteiger partial charge is 0.145 e. The van der Waals surface area contributed by atoms with Gasteiger partial charge in [0.05, 0.1) is 38.9 Å². The van der Waals surface area contributed by atoms with E-state index in [1.54, 1.807) is 0 Å². The van der Waals surface area contributed by atoms with Crippen LogP contribution >= 0.6 is 0 Å². The summed E-state index contributed by atoms with van der Waals surface area (Å²) in [6.07, 6.45) is 3.67. The van der Waals surface area contributed by atoms with Crippen molar-refractivity contribution in [1.82, 2.24) is 19.5 Å². The average Bonchev–Trinajstić information content (AvgIpc) is 3.68. The number of rotatable bonds is 5. The highest BCUT2D eigenvalue weighted by Gasteiger charge is 2.46. The Morgan fingerprint density at radius 1 is 0.400 bits per heavy atom. The van der Waals surface area contributed by atoms with Gasteiger partial charge in [0, 0.05) is 40.1 Å². The molecule has 0 saturated heterocycles. The molecular weight excluding hydrogens is 671 g/mol. The fourth-order valence-corrected chi connectivity index (χ4v) is 8.90. The van der Waals surface area contributed by atoms with Gasteiger partial charge >= 0.3 is 0 Å². The second kappa shape index (κ2) is 12.4. The van der Waals surface area contributed by atoms with Crippen LogP contribution in [-0.4, -0.2) is 19.5 Å². The highest BCUT2D eigenvalue weighted by molar-refractivity contribution is 6.21. The summed E-state index contributed by atoms with van der Waals surface area (Å²) in [6.45, 7) is 0. The van der Waals surface area contributed by atoms with Gasteiger partial charge in [0.25, 0.3) is 0 Å². The minimum absolute atomic E-state index is 0.512. The van der Waals surface area contributed by atoms with Gasteiger partial charge in [-0.15, -0.1) is 0 Å². The molecule has 0 spiro atoms. The predicted octanol–water partition coefficient (Wildman–Crippen LogP) is 12.0. The van der Waals surface area contributed by atoms with Crippen LogP contribution in [0.15, 0.2) is 200 Å². The highest BCUT2D eigenvalue weighted by atomic mass is 15.2. The van der Waals surface area contributed by atoms with Crippen LogP contribution in [0.4, 0.5) is 17.1 Å². The zero-order valence-corrected chi connectivity index (χ0v) is 29.8. The summed E-state index contributed by atoms with van der Waals surface area (Å²) in [5.74, 6) is 0.862. The first-order chi connectivity index (χ1) is 27.3. The van der Waals surface area contributed by atoms with E-state index in [9.17, 15) is 0 Å². The Labute approximate surface area is 318 Å². The molecule has 0 fully saturated rings. The zero-order chi connectivity index (χ0) is 36.3. The van der Waals surface area contributed by atoms with Gasteiger partial charge in [-0.1, -0.05) is 115 Å². The molecule has 1 aliphatic heterocycles. The Hall–Kier alpha value is -7.37. The summed E-state index contributed by atoms with van der Waals surface area (Å²) in [7, 11) is 0. The van der Waals surface area contributed by atoms with Gasteiger partial charge in [-0.3, -0.25) is 14.5 Å². The van der Waals surface area contributed by atoms with Crippen molar-refractivity contribution in [2.45, 2.75) is 5.41 Å². The topological polar surface area (TPSA) is 46.8 Å². The maximum atomic E-state index is 5.42. The number of imidazole rings is 1. The van der Waals surface area contributed by atoms with E-state index >= 15 is 0 Å². The Balaban J connectivity index is 1.13. The molecule has 258 valence electrons. The molecule has 0 amide bonds. The van der Waals surface area contributed by atoms with Crippen molar-refractivity contribution in [3.8, 4) is 17.1 Å². The number of nitrogens with zero attached hydrogens (tertiary/aromatic N) is 5. The number of para-hydroxylation sites is 3. The minimum Gasteiger partial charge on any atom is -0.310 e. The van der Waals surface area contributed by atoms with E-state index < -0.39 is 5.41 Å². The molecule has 0 N–H and O–H groups in total. The molecule has 0 atom stereocenters. The van der Waals surface area contributed by atoms with Gasteiger partial charge in [-0.05, 0) is 95.1 Å². The largest absolute Gasteiger partial charge is 0.310 e. The summed E-state index contributed by atoms with van der Waals surface area (Å²) in [6, 6.07) is 67.2.